The molecule has 6 heteroatoms. The number of hydrogen-bond donors (Lipinski definition) is 1. The van der Waals surface area contributed by atoms with Crippen LogP contribution in [0.25, 0.3) is 6.08 Å². The minimum atomic E-state index is -3.10. The molecule has 0 spiro atoms. The molecule has 0 aliphatic carbocycles. The van der Waals surface area contributed by atoms with Crippen molar-refractivity contribution in [2.24, 2.45) is 5.92 Å². The highest BCUT2D eigenvalue weighted by molar-refractivity contribution is 5.62. The number of allylic oxidation sites excluding steroid dienone is 2. The van der Waals surface area contributed by atoms with E-state index in [4.69, 9.17) is 9.59 Å². The smallest absolute Gasteiger partial charge is 0.271 e. The SMILES string of the molecule is C=C/C(=C\c1c(C(C)(F)F)cc(=O)[nH]c1C)Cc1ccc(C)cc1.C=O.C=O.CC.CC.CCCC(C)C. The molecule has 38 heavy (non-hydrogen) atoms. The number of hydrogen-bond acceptors (Lipinski definition) is 3. The van der Waals surface area contributed by atoms with Gasteiger partial charge in [0.05, 0.1) is 0 Å². The number of aryl methyl sites for hydroxylation is 2. The Morgan fingerprint density at radius 3 is 1.82 bits per heavy atom. The van der Waals surface area contributed by atoms with Crippen LogP contribution in [0.4, 0.5) is 8.78 Å². The van der Waals surface area contributed by atoms with Gasteiger partial charge in [-0.3, -0.25) is 4.79 Å². The summed E-state index contributed by atoms with van der Waals surface area (Å²) in [7, 11) is 0. The van der Waals surface area contributed by atoms with E-state index in [1.807, 2.05) is 72.5 Å². The molecule has 0 atom stereocenters. The van der Waals surface area contributed by atoms with Crippen LogP contribution in [0.5, 0.6) is 0 Å². The van der Waals surface area contributed by atoms with Crippen LogP contribution in [-0.2, 0) is 21.9 Å². The molecule has 0 aliphatic rings. The summed E-state index contributed by atoms with van der Waals surface area (Å²) in [4.78, 5) is 30.1. The molecule has 0 saturated carbocycles. The monoisotopic (exact) mass is 535 g/mol. The highest BCUT2D eigenvalue weighted by atomic mass is 19.3. The summed E-state index contributed by atoms with van der Waals surface area (Å²) in [6.07, 6.45) is 6.61. The lowest BCUT2D eigenvalue weighted by molar-refractivity contribution is -0.0987. The molecule has 2 aromatic rings. The van der Waals surface area contributed by atoms with Crippen LogP contribution >= 0.6 is 0 Å². The number of rotatable bonds is 7. The number of aromatic nitrogens is 1. The first-order valence-electron chi connectivity index (χ1n) is 13.1. The standard InChI is InChI=1S/C20H21F2NO.C6H14.2C2H6.2CH2O/c1-5-15(10-16-8-6-13(2)7-9-16)11-17-14(3)23-19(24)12-18(17)20(4,21)22;1-4-5-6(2)3;4*1-2/h5-9,11-12H,1,10H2,2-4H3,(H,23,24);6H,4-5H2,1-3H3;2*1-2H3;2*1H2/b15-11+;;;;;. The number of nitrogens with one attached hydrogen (secondary N) is 1. The number of carbonyl (C=O) groups is 2. The second-order valence-electron chi connectivity index (χ2n) is 8.24. The van der Waals surface area contributed by atoms with Gasteiger partial charge in [0.15, 0.2) is 0 Å². The summed E-state index contributed by atoms with van der Waals surface area (Å²) in [6, 6.07) is 8.98. The Bertz CT molecular complexity index is 939. The molecule has 0 bridgehead atoms. The van der Waals surface area contributed by atoms with E-state index in [2.05, 4.69) is 32.3 Å². The Morgan fingerprint density at radius 1 is 1.00 bits per heavy atom. The Kier molecular flexibility index (Phi) is 28.2. The molecule has 2 rings (SSSR count). The van der Waals surface area contributed by atoms with Crippen LogP contribution in [-0.4, -0.2) is 18.6 Å². The minimum Gasteiger partial charge on any atom is -0.326 e. The Morgan fingerprint density at radius 2 is 1.47 bits per heavy atom. The molecule has 0 amide bonds. The van der Waals surface area contributed by atoms with Crippen molar-refractivity contribution >= 4 is 19.7 Å². The third-order valence-electron chi connectivity index (χ3n) is 4.74. The number of halogens is 2. The average Bonchev–Trinajstić information content (AvgIpc) is 2.90. The Hall–Kier alpha value is -3.15. The Labute approximate surface area is 230 Å². The van der Waals surface area contributed by atoms with Gasteiger partial charge in [-0.1, -0.05) is 104 Å². The van der Waals surface area contributed by atoms with Gasteiger partial charge in [0.25, 0.3) is 5.92 Å². The van der Waals surface area contributed by atoms with Crippen LogP contribution in [0.15, 0.2) is 53.4 Å². The summed E-state index contributed by atoms with van der Waals surface area (Å²) in [5.74, 6) is -2.20. The van der Waals surface area contributed by atoms with Crippen LogP contribution in [0.3, 0.4) is 0 Å². The summed E-state index contributed by atoms with van der Waals surface area (Å²) in [5, 5.41) is 0. The van der Waals surface area contributed by atoms with E-state index in [0.29, 0.717) is 17.7 Å². The van der Waals surface area contributed by atoms with E-state index in [-0.39, 0.29) is 5.56 Å². The first kappa shape index (κ1) is 42.0. The summed E-state index contributed by atoms with van der Waals surface area (Å²) in [6.45, 7) is 26.9. The predicted octanol–water partition coefficient (Wildman–Crippen LogP) is 9.04. The highest BCUT2D eigenvalue weighted by Crippen LogP contribution is 2.31. The van der Waals surface area contributed by atoms with E-state index in [1.165, 1.54) is 12.8 Å². The number of H-pyrrole nitrogens is 1. The van der Waals surface area contributed by atoms with Crippen molar-refractivity contribution in [2.75, 3.05) is 0 Å². The molecule has 0 unspecified atom stereocenters. The maximum Gasteiger partial charge on any atom is 0.271 e. The van der Waals surface area contributed by atoms with Crippen molar-refractivity contribution in [3.8, 4) is 0 Å². The zero-order valence-corrected chi connectivity index (χ0v) is 25.3. The van der Waals surface area contributed by atoms with Gasteiger partial charge < -0.3 is 14.6 Å². The summed E-state index contributed by atoms with van der Waals surface area (Å²) < 4.78 is 27.8. The van der Waals surface area contributed by atoms with E-state index in [9.17, 15) is 13.6 Å². The molecule has 0 radical (unpaired) electrons. The van der Waals surface area contributed by atoms with Gasteiger partial charge in [-0.25, -0.2) is 8.78 Å². The van der Waals surface area contributed by atoms with Gasteiger partial charge >= 0.3 is 0 Å². The summed E-state index contributed by atoms with van der Waals surface area (Å²) >= 11 is 0. The van der Waals surface area contributed by atoms with E-state index < -0.39 is 11.5 Å². The topological polar surface area (TPSA) is 67.0 Å². The number of alkyl halides is 2. The zero-order valence-electron chi connectivity index (χ0n) is 25.3. The lowest BCUT2D eigenvalue weighted by atomic mass is 9.96. The van der Waals surface area contributed by atoms with Crippen molar-refractivity contribution in [1.82, 2.24) is 4.98 Å². The molecular weight excluding hydrogens is 484 g/mol. The quantitative estimate of drug-likeness (QED) is 0.360. The molecule has 216 valence electrons. The largest absolute Gasteiger partial charge is 0.326 e. The zero-order chi connectivity index (χ0) is 30.9. The average molecular weight is 536 g/mol. The number of pyridine rings is 1. The molecule has 4 nitrogen and oxygen atoms in total. The molecule has 0 saturated heterocycles. The maximum absolute atomic E-state index is 13.9. The normalized spacial score (nSPS) is 9.87. The number of aromatic amines is 1. The van der Waals surface area contributed by atoms with Gasteiger partial charge in [0.1, 0.15) is 13.6 Å². The van der Waals surface area contributed by atoms with E-state index >= 15 is 0 Å². The summed E-state index contributed by atoms with van der Waals surface area (Å²) in [5.41, 5.74) is 2.99. The highest BCUT2D eigenvalue weighted by Gasteiger charge is 2.28. The van der Waals surface area contributed by atoms with Gasteiger partial charge in [-0.05, 0) is 43.4 Å². The van der Waals surface area contributed by atoms with Crippen LogP contribution in [0.1, 0.15) is 96.2 Å². The fourth-order valence-corrected chi connectivity index (χ4v) is 3.13. The fraction of sp³-hybridized carbons (Fsp3) is 0.469. The lowest BCUT2D eigenvalue weighted by Gasteiger charge is -2.16. The van der Waals surface area contributed by atoms with Gasteiger partial charge in [0, 0.05) is 29.8 Å². The van der Waals surface area contributed by atoms with Gasteiger partial charge in [-0.15, -0.1) is 0 Å². The van der Waals surface area contributed by atoms with Crippen molar-refractivity contribution in [1.29, 1.82) is 0 Å². The first-order chi connectivity index (χ1) is 18.0. The molecule has 1 N–H and O–H groups in total. The molecule has 1 aromatic heterocycles. The molecular formula is C32H51F2NO3. The van der Waals surface area contributed by atoms with Crippen molar-refractivity contribution in [2.45, 2.75) is 94.4 Å². The molecule has 1 aromatic carbocycles. The second kappa shape index (κ2) is 25.5. The van der Waals surface area contributed by atoms with E-state index in [1.54, 1.807) is 19.1 Å². The lowest BCUT2D eigenvalue weighted by Crippen LogP contribution is -2.18. The van der Waals surface area contributed by atoms with Crippen molar-refractivity contribution in [3.63, 3.8) is 0 Å². The van der Waals surface area contributed by atoms with Crippen molar-refractivity contribution < 1.29 is 18.4 Å². The number of benzene rings is 1. The van der Waals surface area contributed by atoms with Crippen LogP contribution in [0, 0.1) is 19.8 Å². The van der Waals surface area contributed by atoms with Crippen molar-refractivity contribution in [3.05, 3.63) is 86.9 Å². The van der Waals surface area contributed by atoms with Crippen LogP contribution in [0.2, 0.25) is 0 Å². The minimum absolute atomic E-state index is 0.271. The second-order valence-corrected chi connectivity index (χ2v) is 8.24. The Balaban J connectivity index is -0.000000349. The number of carbonyl (C=O) groups excluding carboxylic acids is 2. The third-order valence-corrected chi connectivity index (χ3v) is 4.74. The first-order valence-corrected chi connectivity index (χ1v) is 13.1. The maximum atomic E-state index is 13.9. The van der Waals surface area contributed by atoms with Crippen LogP contribution < -0.4 is 5.56 Å². The van der Waals surface area contributed by atoms with E-state index in [0.717, 1.165) is 35.6 Å². The molecule has 0 aliphatic heterocycles. The third kappa shape index (κ3) is 19.0. The molecule has 0 fully saturated rings. The fourth-order valence-electron chi connectivity index (χ4n) is 3.13. The van der Waals surface area contributed by atoms with Gasteiger partial charge in [0.2, 0.25) is 5.56 Å². The predicted molar refractivity (Wildman–Crippen MR) is 161 cm³/mol. The molecule has 1 heterocycles. The van der Waals surface area contributed by atoms with Gasteiger partial charge in [-0.2, -0.15) is 0 Å².